The zero-order valence-corrected chi connectivity index (χ0v) is 18.0. The van der Waals surface area contributed by atoms with E-state index in [4.69, 9.17) is 0 Å². The van der Waals surface area contributed by atoms with Gasteiger partial charge in [0.15, 0.2) is 11.6 Å². The third-order valence-corrected chi connectivity index (χ3v) is 5.13. The summed E-state index contributed by atoms with van der Waals surface area (Å²) in [7, 11) is 1.89. The van der Waals surface area contributed by atoms with E-state index >= 15 is 0 Å². The van der Waals surface area contributed by atoms with Crippen LogP contribution in [-0.2, 0) is 26.6 Å². The molecular weight excluding hydrogens is 404 g/mol. The average molecular weight is 429 g/mol. The minimum Gasteiger partial charge on any atom is -0.378 e. The van der Waals surface area contributed by atoms with Gasteiger partial charge in [0.2, 0.25) is 0 Å². The molecule has 0 saturated heterocycles. The number of nitrogens with one attached hydrogen (secondary N) is 2. The molecule has 0 unspecified atom stereocenters. The van der Waals surface area contributed by atoms with E-state index in [9.17, 15) is 4.79 Å². The number of carbonyl (C=O) groups is 1. The summed E-state index contributed by atoms with van der Waals surface area (Å²) in [4.78, 5) is 25.2. The number of amides is 1. The molecule has 0 fully saturated rings. The topological polar surface area (TPSA) is 111 Å². The van der Waals surface area contributed by atoms with Gasteiger partial charge in [0.05, 0.1) is 18.8 Å². The Morgan fingerprint density at radius 3 is 2.75 bits per heavy atom. The number of aromatic nitrogens is 6. The molecular formula is C23H24N8O. The van der Waals surface area contributed by atoms with Gasteiger partial charge in [-0.3, -0.25) is 9.78 Å². The van der Waals surface area contributed by atoms with Crippen LogP contribution < -0.4 is 10.6 Å². The maximum Gasteiger partial charge on any atom is 0.251 e. The van der Waals surface area contributed by atoms with E-state index in [1.165, 1.54) is 6.33 Å². The highest BCUT2D eigenvalue weighted by Gasteiger charge is 2.12. The van der Waals surface area contributed by atoms with Gasteiger partial charge in [0, 0.05) is 30.7 Å². The van der Waals surface area contributed by atoms with Crippen molar-refractivity contribution >= 4 is 11.6 Å². The number of anilines is 1. The second-order valence-electron chi connectivity index (χ2n) is 7.17. The van der Waals surface area contributed by atoms with Gasteiger partial charge in [0.1, 0.15) is 12.0 Å². The molecule has 0 aliphatic carbocycles. The van der Waals surface area contributed by atoms with Crippen molar-refractivity contribution in [3.8, 4) is 11.5 Å². The van der Waals surface area contributed by atoms with Gasteiger partial charge in [-0.25, -0.2) is 9.97 Å². The molecule has 3 heterocycles. The first-order valence-electron chi connectivity index (χ1n) is 10.3. The highest BCUT2D eigenvalue weighted by atomic mass is 16.1. The Morgan fingerprint density at radius 1 is 1.03 bits per heavy atom. The van der Waals surface area contributed by atoms with E-state index in [0.717, 1.165) is 29.2 Å². The monoisotopic (exact) mass is 428 g/mol. The minimum atomic E-state index is -0.147. The molecule has 1 aromatic carbocycles. The molecule has 1 amide bonds. The lowest BCUT2D eigenvalue weighted by molar-refractivity contribution is 0.0950. The summed E-state index contributed by atoms with van der Waals surface area (Å²) < 4.78 is 1.88. The lowest BCUT2D eigenvalue weighted by atomic mass is 10.1. The van der Waals surface area contributed by atoms with Crippen molar-refractivity contribution in [3.63, 3.8) is 0 Å². The maximum atomic E-state index is 12.7. The van der Waals surface area contributed by atoms with Gasteiger partial charge >= 0.3 is 0 Å². The minimum absolute atomic E-state index is 0.147. The van der Waals surface area contributed by atoms with Crippen molar-refractivity contribution < 1.29 is 4.79 Å². The molecule has 162 valence electrons. The van der Waals surface area contributed by atoms with Crippen LogP contribution in [0.4, 0.5) is 5.69 Å². The molecule has 2 N–H and O–H groups in total. The molecule has 0 aliphatic rings. The van der Waals surface area contributed by atoms with Crippen molar-refractivity contribution in [2.24, 2.45) is 7.05 Å². The van der Waals surface area contributed by atoms with Gasteiger partial charge in [-0.1, -0.05) is 19.1 Å². The fourth-order valence-electron chi connectivity index (χ4n) is 3.33. The van der Waals surface area contributed by atoms with E-state index in [1.54, 1.807) is 24.5 Å². The van der Waals surface area contributed by atoms with Crippen molar-refractivity contribution in [1.82, 2.24) is 35.0 Å². The quantitative estimate of drug-likeness (QED) is 0.444. The Kier molecular flexibility index (Phi) is 6.45. The Balaban J connectivity index is 1.39. The summed E-state index contributed by atoms with van der Waals surface area (Å²) in [5, 5.41) is 14.7. The molecule has 0 radical (unpaired) electrons. The predicted octanol–water partition coefficient (Wildman–Crippen LogP) is 2.77. The largest absolute Gasteiger partial charge is 0.378 e. The van der Waals surface area contributed by atoms with Crippen LogP contribution in [-0.4, -0.2) is 35.6 Å². The summed E-state index contributed by atoms with van der Waals surface area (Å²) >= 11 is 0. The Bertz CT molecular complexity index is 1210. The maximum absolute atomic E-state index is 12.7. The van der Waals surface area contributed by atoms with E-state index in [-0.39, 0.29) is 5.91 Å². The number of hydrogen-bond donors (Lipinski definition) is 2. The smallest absolute Gasteiger partial charge is 0.251 e. The van der Waals surface area contributed by atoms with Crippen LogP contribution in [0.3, 0.4) is 0 Å². The highest BCUT2D eigenvalue weighted by molar-refractivity contribution is 5.95. The fourth-order valence-corrected chi connectivity index (χ4v) is 3.33. The Hall–Kier alpha value is -4.14. The van der Waals surface area contributed by atoms with Crippen LogP contribution in [0.5, 0.6) is 0 Å². The van der Waals surface area contributed by atoms with Gasteiger partial charge < -0.3 is 15.2 Å². The molecule has 0 bridgehead atoms. The molecule has 0 spiro atoms. The van der Waals surface area contributed by atoms with Crippen LogP contribution in [0.25, 0.3) is 11.5 Å². The number of nitrogens with zero attached hydrogens (tertiary/aromatic N) is 6. The third-order valence-electron chi connectivity index (χ3n) is 5.13. The lowest BCUT2D eigenvalue weighted by Crippen LogP contribution is -2.24. The second-order valence-corrected chi connectivity index (χ2v) is 7.17. The number of benzene rings is 1. The summed E-state index contributed by atoms with van der Waals surface area (Å²) in [6.07, 6.45) is 5.77. The molecule has 4 aromatic rings. The van der Waals surface area contributed by atoms with Gasteiger partial charge in [-0.2, -0.15) is 0 Å². The molecule has 4 rings (SSSR count). The Morgan fingerprint density at radius 2 is 1.94 bits per heavy atom. The van der Waals surface area contributed by atoms with Crippen molar-refractivity contribution in [1.29, 1.82) is 0 Å². The van der Waals surface area contributed by atoms with Gasteiger partial charge in [-0.15, -0.1) is 10.2 Å². The lowest BCUT2D eigenvalue weighted by Gasteiger charge is -2.10. The average Bonchev–Trinajstić information content (AvgIpc) is 3.22. The Labute approximate surface area is 186 Å². The SMILES string of the molecule is CCc1cccnc1CNC(=O)c1cccc(NCc2nnc(-c3ccncn3)n2C)c1. The first kappa shape index (κ1) is 21.1. The number of pyridine rings is 1. The summed E-state index contributed by atoms with van der Waals surface area (Å²) in [6, 6.07) is 13.1. The predicted molar refractivity (Wildman–Crippen MR) is 121 cm³/mol. The summed E-state index contributed by atoms with van der Waals surface area (Å²) in [5.74, 6) is 1.26. The zero-order valence-electron chi connectivity index (χ0n) is 18.0. The standard InChI is InChI=1S/C23H24N8O/c1-3-16-7-5-10-25-20(16)13-27-23(32)17-6-4-8-18(12-17)26-14-21-29-30-22(31(21)2)19-9-11-24-15-28-19/h4-12,15,26H,3,13-14H2,1-2H3,(H,27,32). The first-order chi connectivity index (χ1) is 15.7. The zero-order chi connectivity index (χ0) is 22.3. The molecule has 0 atom stereocenters. The van der Waals surface area contributed by atoms with E-state index in [2.05, 4.69) is 42.7 Å². The van der Waals surface area contributed by atoms with Crippen molar-refractivity contribution in [3.05, 3.63) is 83.8 Å². The summed E-state index contributed by atoms with van der Waals surface area (Å²) in [6.45, 7) is 2.92. The molecule has 0 saturated carbocycles. The van der Waals surface area contributed by atoms with Gasteiger partial charge in [-0.05, 0) is 42.3 Å². The number of carbonyl (C=O) groups excluding carboxylic acids is 1. The van der Waals surface area contributed by atoms with Crippen LogP contribution in [0, 0.1) is 0 Å². The molecule has 0 aliphatic heterocycles. The summed E-state index contributed by atoms with van der Waals surface area (Å²) in [5.41, 5.74) is 4.12. The van der Waals surface area contributed by atoms with E-state index in [0.29, 0.717) is 30.2 Å². The normalized spacial score (nSPS) is 10.7. The van der Waals surface area contributed by atoms with Crippen LogP contribution in [0.2, 0.25) is 0 Å². The van der Waals surface area contributed by atoms with Crippen LogP contribution in [0.1, 0.15) is 34.4 Å². The van der Waals surface area contributed by atoms with Crippen molar-refractivity contribution in [2.75, 3.05) is 5.32 Å². The second kappa shape index (κ2) is 9.78. The highest BCUT2D eigenvalue weighted by Crippen LogP contribution is 2.16. The molecule has 32 heavy (non-hydrogen) atoms. The fraction of sp³-hybridized carbons (Fsp3) is 0.217. The third kappa shape index (κ3) is 4.77. The number of rotatable bonds is 8. The number of aryl methyl sites for hydroxylation is 1. The van der Waals surface area contributed by atoms with E-state index < -0.39 is 0 Å². The first-order valence-corrected chi connectivity index (χ1v) is 10.3. The molecule has 9 nitrogen and oxygen atoms in total. The molecule has 9 heteroatoms. The van der Waals surface area contributed by atoms with Crippen LogP contribution in [0.15, 0.2) is 61.2 Å². The molecule has 3 aromatic heterocycles. The number of hydrogen-bond acceptors (Lipinski definition) is 7. The van der Waals surface area contributed by atoms with E-state index in [1.807, 2.05) is 41.9 Å². The van der Waals surface area contributed by atoms with Gasteiger partial charge in [0.25, 0.3) is 5.91 Å². The van der Waals surface area contributed by atoms with Crippen LogP contribution >= 0.6 is 0 Å². The van der Waals surface area contributed by atoms with Crippen molar-refractivity contribution in [2.45, 2.75) is 26.4 Å².